The van der Waals surface area contributed by atoms with Gasteiger partial charge in [-0.2, -0.15) is 0 Å². The number of hydrogen-bond donors (Lipinski definition) is 3. The van der Waals surface area contributed by atoms with Crippen molar-refractivity contribution in [2.24, 2.45) is 5.92 Å². The van der Waals surface area contributed by atoms with Gasteiger partial charge in [0.1, 0.15) is 5.00 Å². The molecule has 3 N–H and O–H groups in total. The highest BCUT2D eigenvalue weighted by atomic mass is 32.1. The Bertz CT molecular complexity index is 457. The smallest absolute Gasteiger partial charge is 0.338 e. The molecule has 1 atom stereocenters. The quantitative estimate of drug-likeness (QED) is 0.716. The van der Waals surface area contributed by atoms with E-state index in [1.54, 1.807) is 5.38 Å². The van der Waals surface area contributed by atoms with Gasteiger partial charge in [0.2, 0.25) is 0 Å². The molecule has 5 nitrogen and oxygen atoms in total. The third-order valence-corrected chi connectivity index (χ3v) is 3.75. The molecule has 1 unspecified atom stereocenters. The van der Waals surface area contributed by atoms with E-state index in [1.807, 2.05) is 6.92 Å². The molecule has 0 saturated carbocycles. The van der Waals surface area contributed by atoms with Crippen LogP contribution in [0.3, 0.4) is 0 Å². The van der Waals surface area contributed by atoms with Crippen LogP contribution in [0.25, 0.3) is 0 Å². The number of carbonyl (C=O) groups is 2. The highest BCUT2D eigenvalue weighted by Gasteiger charge is 2.14. The summed E-state index contributed by atoms with van der Waals surface area (Å²) in [5, 5.41) is 16.4. The fraction of sp³-hybridized carbons (Fsp3) is 0.571. The van der Waals surface area contributed by atoms with Crippen molar-refractivity contribution in [3.05, 3.63) is 17.0 Å². The van der Waals surface area contributed by atoms with E-state index in [-0.39, 0.29) is 17.6 Å². The molecule has 0 saturated heterocycles. The SMILES string of the molecule is CC(C)CCCC(C)NC(=O)Nc1sccc1C(=O)O. The number of carboxylic acid groups (broad SMARTS) is 1. The fourth-order valence-corrected chi connectivity index (χ4v) is 2.62. The maximum absolute atomic E-state index is 11.8. The zero-order valence-electron chi connectivity index (χ0n) is 12.1. The maximum Gasteiger partial charge on any atom is 0.338 e. The van der Waals surface area contributed by atoms with Crippen LogP contribution in [0, 0.1) is 5.92 Å². The van der Waals surface area contributed by atoms with Gasteiger partial charge in [-0.05, 0) is 30.7 Å². The van der Waals surface area contributed by atoms with Gasteiger partial charge >= 0.3 is 12.0 Å². The number of aromatic carboxylic acids is 1. The van der Waals surface area contributed by atoms with E-state index in [1.165, 1.54) is 17.4 Å². The molecule has 0 bridgehead atoms. The lowest BCUT2D eigenvalue weighted by molar-refractivity contribution is 0.0698. The first-order chi connectivity index (χ1) is 9.40. The first-order valence-electron chi connectivity index (χ1n) is 6.78. The lowest BCUT2D eigenvalue weighted by Crippen LogP contribution is -2.36. The molecule has 0 aromatic carbocycles. The minimum absolute atomic E-state index is 0.0713. The standard InChI is InChI=1S/C14H22N2O3S/c1-9(2)5-4-6-10(3)15-14(19)16-12-11(13(17)18)7-8-20-12/h7-10H,4-6H2,1-3H3,(H,17,18)(H2,15,16,19). The summed E-state index contributed by atoms with van der Waals surface area (Å²) in [6, 6.07) is 1.20. The number of anilines is 1. The van der Waals surface area contributed by atoms with Crippen LogP contribution in [0.4, 0.5) is 9.80 Å². The van der Waals surface area contributed by atoms with E-state index in [4.69, 9.17) is 5.11 Å². The number of carbonyl (C=O) groups excluding carboxylic acids is 1. The maximum atomic E-state index is 11.8. The van der Waals surface area contributed by atoms with Crippen molar-refractivity contribution < 1.29 is 14.7 Å². The Morgan fingerprint density at radius 1 is 1.30 bits per heavy atom. The van der Waals surface area contributed by atoms with Crippen LogP contribution in [0.1, 0.15) is 50.4 Å². The molecule has 1 heterocycles. The molecule has 112 valence electrons. The third kappa shape index (κ3) is 5.61. The molecule has 0 aliphatic rings. The van der Waals surface area contributed by atoms with E-state index in [2.05, 4.69) is 24.5 Å². The minimum Gasteiger partial charge on any atom is -0.478 e. The zero-order chi connectivity index (χ0) is 15.1. The molecule has 20 heavy (non-hydrogen) atoms. The highest BCUT2D eigenvalue weighted by molar-refractivity contribution is 7.14. The van der Waals surface area contributed by atoms with Gasteiger partial charge in [0, 0.05) is 6.04 Å². The average Bonchev–Trinajstić information content (AvgIpc) is 2.76. The van der Waals surface area contributed by atoms with Crippen molar-refractivity contribution in [1.82, 2.24) is 5.32 Å². The summed E-state index contributed by atoms with van der Waals surface area (Å²) in [6.07, 6.45) is 3.13. The molecule has 6 heteroatoms. The van der Waals surface area contributed by atoms with Crippen molar-refractivity contribution in [3.63, 3.8) is 0 Å². The molecule has 1 aromatic rings. The van der Waals surface area contributed by atoms with Crippen LogP contribution in [0.15, 0.2) is 11.4 Å². The topological polar surface area (TPSA) is 78.4 Å². The summed E-state index contributed by atoms with van der Waals surface area (Å²) in [6.45, 7) is 6.30. The van der Waals surface area contributed by atoms with Gasteiger partial charge in [-0.3, -0.25) is 5.32 Å². The summed E-state index contributed by atoms with van der Waals surface area (Å²) in [4.78, 5) is 22.7. The van der Waals surface area contributed by atoms with Gasteiger partial charge < -0.3 is 10.4 Å². The fourth-order valence-electron chi connectivity index (χ4n) is 1.84. The van der Waals surface area contributed by atoms with Crippen LogP contribution in [-0.2, 0) is 0 Å². The van der Waals surface area contributed by atoms with Gasteiger partial charge in [0.25, 0.3) is 0 Å². The van der Waals surface area contributed by atoms with E-state index in [0.717, 1.165) is 19.3 Å². The van der Waals surface area contributed by atoms with Crippen LogP contribution >= 0.6 is 11.3 Å². The van der Waals surface area contributed by atoms with Crippen LogP contribution in [0.2, 0.25) is 0 Å². The Hall–Kier alpha value is -1.56. The molecule has 1 rings (SSSR count). The first kappa shape index (κ1) is 16.5. The monoisotopic (exact) mass is 298 g/mol. The summed E-state index contributed by atoms with van der Waals surface area (Å²) in [5.74, 6) is -0.369. The van der Waals surface area contributed by atoms with Crippen LogP contribution in [0.5, 0.6) is 0 Å². The second kappa shape index (κ2) is 7.89. The normalized spacial score (nSPS) is 12.2. The molecule has 0 radical (unpaired) electrons. The van der Waals surface area contributed by atoms with Gasteiger partial charge in [-0.25, -0.2) is 9.59 Å². The Balaban J connectivity index is 2.39. The van der Waals surface area contributed by atoms with Crippen molar-refractivity contribution in [2.75, 3.05) is 5.32 Å². The van der Waals surface area contributed by atoms with E-state index in [0.29, 0.717) is 10.9 Å². The molecule has 0 fully saturated rings. The predicted octanol–water partition coefficient (Wildman–Crippen LogP) is 3.78. The molecule has 1 aromatic heterocycles. The predicted molar refractivity (Wildman–Crippen MR) is 81.6 cm³/mol. The summed E-state index contributed by atoms with van der Waals surface area (Å²) < 4.78 is 0. The summed E-state index contributed by atoms with van der Waals surface area (Å²) >= 11 is 1.20. The zero-order valence-corrected chi connectivity index (χ0v) is 12.9. The molecule has 0 spiro atoms. The van der Waals surface area contributed by atoms with E-state index in [9.17, 15) is 9.59 Å². The lowest BCUT2D eigenvalue weighted by atomic mass is 10.0. The number of amides is 2. The van der Waals surface area contributed by atoms with Crippen molar-refractivity contribution >= 4 is 28.3 Å². The summed E-state index contributed by atoms with van der Waals surface area (Å²) in [5.41, 5.74) is 0.123. The summed E-state index contributed by atoms with van der Waals surface area (Å²) in [7, 11) is 0. The highest BCUT2D eigenvalue weighted by Crippen LogP contribution is 2.22. The van der Waals surface area contributed by atoms with E-state index >= 15 is 0 Å². The molecular weight excluding hydrogens is 276 g/mol. The van der Waals surface area contributed by atoms with Crippen molar-refractivity contribution in [3.8, 4) is 0 Å². The number of urea groups is 1. The van der Waals surface area contributed by atoms with Gasteiger partial charge in [0.15, 0.2) is 0 Å². The number of thiophene rings is 1. The third-order valence-electron chi connectivity index (χ3n) is 2.92. The molecule has 0 aliphatic carbocycles. The Kier molecular flexibility index (Phi) is 6.51. The number of carboxylic acids is 1. The largest absolute Gasteiger partial charge is 0.478 e. The van der Waals surface area contributed by atoms with Crippen molar-refractivity contribution in [1.29, 1.82) is 0 Å². The lowest BCUT2D eigenvalue weighted by Gasteiger charge is -2.15. The minimum atomic E-state index is -1.04. The number of nitrogens with one attached hydrogen (secondary N) is 2. The van der Waals surface area contributed by atoms with E-state index < -0.39 is 5.97 Å². The molecular formula is C14H22N2O3S. The second-order valence-corrected chi connectivity index (χ2v) is 6.21. The number of hydrogen-bond acceptors (Lipinski definition) is 3. The van der Waals surface area contributed by atoms with Gasteiger partial charge in [-0.15, -0.1) is 11.3 Å². The Morgan fingerprint density at radius 2 is 2.00 bits per heavy atom. The molecule has 2 amide bonds. The number of rotatable bonds is 7. The first-order valence-corrected chi connectivity index (χ1v) is 7.66. The Labute approximate surface area is 123 Å². The Morgan fingerprint density at radius 3 is 2.60 bits per heavy atom. The second-order valence-electron chi connectivity index (χ2n) is 5.29. The van der Waals surface area contributed by atoms with Gasteiger partial charge in [0.05, 0.1) is 5.56 Å². The van der Waals surface area contributed by atoms with Crippen LogP contribution < -0.4 is 10.6 Å². The van der Waals surface area contributed by atoms with Gasteiger partial charge in [-0.1, -0.05) is 26.7 Å². The van der Waals surface area contributed by atoms with Crippen molar-refractivity contribution in [2.45, 2.75) is 46.1 Å². The van der Waals surface area contributed by atoms with Crippen LogP contribution in [-0.4, -0.2) is 23.1 Å². The average molecular weight is 298 g/mol. The molecule has 0 aliphatic heterocycles.